The molecule has 3 heteroatoms. The van der Waals surface area contributed by atoms with E-state index in [9.17, 15) is 4.79 Å². The molecule has 2 rings (SSSR count). The minimum atomic E-state index is -0.739. The molecule has 0 amide bonds. The number of carboxylic acids is 1. The first kappa shape index (κ1) is 13.8. The van der Waals surface area contributed by atoms with Crippen LogP contribution < -0.4 is 0 Å². The van der Waals surface area contributed by atoms with Crippen LogP contribution in [0.2, 0.25) is 0 Å². The Labute approximate surface area is 113 Å². The fourth-order valence-electron chi connectivity index (χ4n) is 2.58. The number of hydrogen-bond acceptors (Lipinski definition) is 2. The predicted octanol–water partition coefficient (Wildman–Crippen LogP) is 3.12. The van der Waals surface area contributed by atoms with Gasteiger partial charge in [0, 0.05) is 0 Å². The summed E-state index contributed by atoms with van der Waals surface area (Å²) in [6, 6.07) is 10.0. The summed E-state index contributed by atoms with van der Waals surface area (Å²) in [6.45, 7) is 3.32. The van der Waals surface area contributed by atoms with Crippen molar-refractivity contribution >= 4 is 5.97 Å². The molecule has 102 valence electrons. The zero-order valence-corrected chi connectivity index (χ0v) is 11.2. The quantitative estimate of drug-likeness (QED) is 0.799. The fourth-order valence-corrected chi connectivity index (χ4v) is 2.58. The molecule has 0 radical (unpaired) electrons. The molecule has 1 aromatic carbocycles. The molecule has 1 N–H and O–H groups in total. The first-order chi connectivity index (χ1) is 9.16. The van der Waals surface area contributed by atoms with E-state index >= 15 is 0 Å². The summed E-state index contributed by atoms with van der Waals surface area (Å²) < 4.78 is 5.75. The lowest BCUT2D eigenvalue weighted by molar-refractivity contribution is -0.138. The lowest BCUT2D eigenvalue weighted by atomic mass is 9.88. The first-order valence-corrected chi connectivity index (χ1v) is 6.68. The van der Waals surface area contributed by atoms with Gasteiger partial charge in [-0.25, -0.2) is 0 Å². The number of carboxylic acid groups (broad SMARTS) is 1. The average molecular weight is 260 g/mol. The molecule has 0 fully saturated rings. The number of benzene rings is 1. The second-order valence-corrected chi connectivity index (χ2v) is 5.17. The highest BCUT2D eigenvalue weighted by Gasteiger charge is 2.30. The highest BCUT2D eigenvalue weighted by molar-refractivity contribution is 5.67. The molecule has 1 aliphatic rings. The summed E-state index contributed by atoms with van der Waals surface area (Å²) in [5.41, 5.74) is 1.15. The maximum absolute atomic E-state index is 10.8. The molecular weight excluding hydrogens is 240 g/mol. The van der Waals surface area contributed by atoms with Gasteiger partial charge in [-0.15, -0.1) is 0 Å². The minimum Gasteiger partial charge on any atom is -0.481 e. The summed E-state index contributed by atoms with van der Waals surface area (Å²) in [6.07, 6.45) is 4.32. The summed E-state index contributed by atoms with van der Waals surface area (Å²) in [5, 5.41) is 8.91. The monoisotopic (exact) mass is 260 g/mol. The number of carbonyl (C=O) groups is 1. The van der Waals surface area contributed by atoms with Crippen molar-refractivity contribution in [3.63, 3.8) is 0 Å². The van der Waals surface area contributed by atoms with Crippen LogP contribution in [0.5, 0.6) is 0 Å². The highest BCUT2D eigenvalue weighted by Crippen LogP contribution is 2.33. The third kappa shape index (κ3) is 3.93. The van der Waals surface area contributed by atoms with Gasteiger partial charge in [0.2, 0.25) is 0 Å². The maximum Gasteiger partial charge on any atom is 0.303 e. The molecule has 0 bridgehead atoms. The smallest absolute Gasteiger partial charge is 0.303 e. The molecular formula is C16H20O3. The SMILES string of the molecule is C[C@H]1C=C[C@H](CC(=O)O)[C@@H]1COCc1ccccc1. The van der Waals surface area contributed by atoms with Gasteiger partial charge in [0.1, 0.15) is 0 Å². The van der Waals surface area contributed by atoms with Gasteiger partial charge in [-0.3, -0.25) is 4.79 Å². The van der Waals surface area contributed by atoms with Crippen LogP contribution in [0.15, 0.2) is 42.5 Å². The van der Waals surface area contributed by atoms with E-state index in [1.165, 1.54) is 0 Å². The van der Waals surface area contributed by atoms with Gasteiger partial charge in [-0.05, 0) is 23.3 Å². The van der Waals surface area contributed by atoms with Crippen LogP contribution in [0.4, 0.5) is 0 Å². The fraction of sp³-hybridized carbons (Fsp3) is 0.438. The number of allylic oxidation sites excluding steroid dienone is 2. The zero-order chi connectivity index (χ0) is 13.7. The third-order valence-corrected chi connectivity index (χ3v) is 3.72. The second-order valence-electron chi connectivity index (χ2n) is 5.17. The van der Waals surface area contributed by atoms with Crippen LogP contribution in [0, 0.1) is 17.8 Å². The van der Waals surface area contributed by atoms with Crippen molar-refractivity contribution in [1.82, 2.24) is 0 Å². The molecule has 19 heavy (non-hydrogen) atoms. The molecule has 3 atom stereocenters. The standard InChI is InChI=1S/C16H20O3/c1-12-7-8-14(9-16(17)18)15(12)11-19-10-13-5-3-2-4-6-13/h2-8,12,14-15H,9-11H2,1H3,(H,17,18)/t12-,14+,15+/m0/s1. The van der Waals surface area contributed by atoms with Crippen LogP contribution in [0.25, 0.3) is 0 Å². The van der Waals surface area contributed by atoms with Gasteiger partial charge >= 0.3 is 5.97 Å². The number of aliphatic carboxylic acids is 1. The molecule has 1 aromatic rings. The molecule has 0 aliphatic heterocycles. The van der Waals surface area contributed by atoms with Crippen molar-refractivity contribution in [3.8, 4) is 0 Å². The van der Waals surface area contributed by atoms with Gasteiger partial charge in [-0.1, -0.05) is 49.4 Å². The predicted molar refractivity (Wildman–Crippen MR) is 73.6 cm³/mol. The Morgan fingerprint density at radius 2 is 2.00 bits per heavy atom. The number of rotatable bonds is 6. The number of ether oxygens (including phenoxy) is 1. The summed E-state index contributed by atoms with van der Waals surface area (Å²) >= 11 is 0. The van der Waals surface area contributed by atoms with E-state index in [4.69, 9.17) is 9.84 Å². The number of hydrogen-bond donors (Lipinski definition) is 1. The Balaban J connectivity index is 1.82. The largest absolute Gasteiger partial charge is 0.481 e. The third-order valence-electron chi connectivity index (χ3n) is 3.72. The van der Waals surface area contributed by atoms with Gasteiger partial charge in [0.05, 0.1) is 19.6 Å². The molecule has 3 nitrogen and oxygen atoms in total. The van der Waals surface area contributed by atoms with E-state index < -0.39 is 5.97 Å². The van der Waals surface area contributed by atoms with Crippen molar-refractivity contribution < 1.29 is 14.6 Å². The van der Waals surface area contributed by atoms with Gasteiger partial charge in [-0.2, -0.15) is 0 Å². The van der Waals surface area contributed by atoms with Crippen LogP contribution >= 0.6 is 0 Å². The lowest BCUT2D eigenvalue weighted by Gasteiger charge is -2.22. The molecule has 0 saturated heterocycles. The Hall–Kier alpha value is -1.61. The van der Waals surface area contributed by atoms with E-state index in [1.54, 1.807) is 0 Å². The minimum absolute atomic E-state index is 0.100. The normalized spacial score (nSPS) is 25.6. The van der Waals surface area contributed by atoms with Crippen molar-refractivity contribution in [2.75, 3.05) is 6.61 Å². The summed E-state index contributed by atoms with van der Waals surface area (Å²) in [5.74, 6) is 0.0278. The van der Waals surface area contributed by atoms with Crippen LogP contribution in [0.1, 0.15) is 18.9 Å². The molecule has 0 heterocycles. The topological polar surface area (TPSA) is 46.5 Å². The first-order valence-electron chi connectivity index (χ1n) is 6.68. The Morgan fingerprint density at radius 1 is 1.26 bits per heavy atom. The van der Waals surface area contributed by atoms with Gasteiger partial charge in [0.15, 0.2) is 0 Å². The van der Waals surface area contributed by atoms with Crippen molar-refractivity contribution in [1.29, 1.82) is 0 Å². The van der Waals surface area contributed by atoms with E-state index in [0.29, 0.717) is 19.1 Å². The highest BCUT2D eigenvalue weighted by atomic mass is 16.5. The Morgan fingerprint density at radius 3 is 2.68 bits per heavy atom. The molecule has 0 unspecified atom stereocenters. The van der Waals surface area contributed by atoms with E-state index in [0.717, 1.165) is 5.56 Å². The summed E-state index contributed by atoms with van der Waals surface area (Å²) in [4.78, 5) is 10.8. The maximum atomic E-state index is 10.8. The van der Waals surface area contributed by atoms with Crippen LogP contribution in [-0.2, 0) is 16.1 Å². The molecule has 0 saturated carbocycles. The Bertz CT molecular complexity index is 439. The van der Waals surface area contributed by atoms with E-state index in [-0.39, 0.29) is 18.3 Å². The van der Waals surface area contributed by atoms with Crippen LogP contribution in [0.3, 0.4) is 0 Å². The lowest BCUT2D eigenvalue weighted by Crippen LogP contribution is -2.22. The van der Waals surface area contributed by atoms with Crippen molar-refractivity contribution in [2.45, 2.75) is 20.0 Å². The summed E-state index contributed by atoms with van der Waals surface area (Å²) in [7, 11) is 0. The zero-order valence-electron chi connectivity index (χ0n) is 11.2. The van der Waals surface area contributed by atoms with E-state index in [1.807, 2.05) is 36.4 Å². The molecule has 1 aliphatic carbocycles. The van der Waals surface area contributed by atoms with Crippen LogP contribution in [-0.4, -0.2) is 17.7 Å². The van der Waals surface area contributed by atoms with Gasteiger partial charge < -0.3 is 9.84 Å². The van der Waals surface area contributed by atoms with Gasteiger partial charge in [0.25, 0.3) is 0 Å². The Kier molecular flexibility index (Phi) is 4.74. The average Bonchev–Trinajstić information content (AvgIpc) is 2.72. The molecule has 0 spiro atoms. The van der Waals surface area contributed by atoms with E-state index in [2.05, 4.69) is 13.0 Å². The molecule has 0 aromatic heterocycles. The second kappa shape index (κ2) is 6.53. The van der Waals surface area contributed by atoms with Crippen molar-refractivity contribution in [2.24, 2.45) is 17.8 Å². The van der Waals surface area contributed by atoms with Crippen molar-refractivity contribution in [3.05, 3.63) is 48.0 Å².